The number of aliphatic carboxylic acids is 1. The first kappa shape index (κ1) is 17.3. The fourth-order valence-corrected chi connectivity index (χ4v) is 3.40. The Hall–Kier alpha value is -2.56. The number of rotatable bonds is 4. The number of nitrogens with zero attached hydrogens (tertiary/aromatic N) is 1. The van der Waals surface area contributed by atoms with Crippen LogP contribution in [0.3, 0.4) is 0 Å². The van der Waals surface area contributed by atoms with Gasteiger partial charge in [0.2, 0.25) is 5.91 Å². The van der Waals surface area contributed by atoms with Crippen molar-refractivity contribution >= 4 is 22.6 Å². The lowest BCUT2D eigenvalue weighted by atomic mass is 9.93. The maximum atomic E-state index is 12.8. The van der Waals surface area contributed by atoms with E-state index in [9.17, 15) is 9.59 Å². The van der Waals surface area contributed by atoms with Crippen molar-refractivity contribution in [1.29, 1.82) is 0 Å². The molecule has 0 saturated carbocycles. The van der Waals surface area contributed by atoms with Gasteiger partial charge in [-0.15, -0.1) is 0 Å². The van der Waals surface area contributed by atoms with Crippen molar-refractivity contribution in [1.82, 2.24) is 4.90 Å². The molecule has 5 heteroatoms. The van der Waals surface area contributed by atoms with Gasteiger partial charge >= 0.3 is 5.97 Å². The molecule has 1 aliphatic heterocycles. The van der Waals surface area contributed by atoms with Crippen LogP contribution in [-0.4, -0.2) is 42.1 Å². The molecule has 2 aromatic rings. The van der Waals surface area contributed by atoms with Crippen LogP contribution in [0.2, 0.25) is 0 Å². The number of ether oxygens (including phenoxy) is 1. The topological polar surface area (TPSA) is 66.8 Å². The summed E-state index contributed by atoms with van der Waals surface area (Å²) in [5.41, 5.74) is 0.975. The summed E-state index contributed by atoms with van der Waals surface area (Å²) in [5, 5.41) is 11.2. The molecule has 2 aromatic carbocycles. The van der Waals surface area contributed by atoms with E-state index in [2.05, 4.69) is 0 Å². The average molecular weight is 341 g/mol. The lowest BCUT2D eigenvalue weighted by Gasteiger charge is -2.32. The van der Waals surface area contributed by atoms with Crippen LogP contribution in [0.4, 0.5) is 0 Å². The molecular weight excluding hydrogens is 318 g/mol. The standard InChI is InChI=1S/C20H23NO4/c1-13(19(22)21-9-7-14(8-10-21)20(23)24)15-3-4-17-12-18(25-2)6-5-16(17)11-15/h3-6,11-14H,7-10H2,1-2H3,(H,23,24)/t13-/m0/s1. The number of fused-ring (bicyclic) bond motifs is 1. The van der Waals surface area contributed by atoms with E-state index in [0.717, 1.165) is 22.1 Å². The maximum Gasteiger partial charge on any atom is 0.306 e. The number of benzene rings is 2. The summed E-state index contributed by atoms with van der Waals surface area (Å²) in [6.45, 7) is 2.95. The Morgan fingerprint density at radius 1 is 1.12 bits per heavy atom. The van der Waals surface area contributed by atoms with Crippen molar-refractivity contribution in [3.8, 4) is 5.75 Å². The lowest BCUT2D eigenvalue weighted by molar-refractivity contribution is -0.146. The Balaban J connectivity index is 1.74. The first-order valence-electron chi connectivity index (χ1n) is 8.59. The molecule has 0 spiro atoms. The number of likely N-dealkylation sites (tertiary alicyclic amines) is 1. The Bertz CT molecular complexity index is 793. The SMILES string of the molecule is COc1ccc2cc([C@H](C)C(=O)N3CCC(C(=O)O)CC3)ccc2c1. The van der Waals surface area contributed by atoms with E-state index < -0.39 is 5.97 Å². The minimum absolute atomic E-state index is 0.0664. The summed E-state index contributed by atoms with van der Waals surface area (Å²) >= 11 is 0. The van der Waals surface area contributed by atoms with Gasteiger partial charge in [-0.05, 0) is 48.2 Å². The van der Waals surface area contributed by atoms with Gasteiger partial charge in [-0.25, -0.2) is 0 Å². The van der Waals surface area contributed by atoms with Crippen LogP contribution in [0.5, 0.6) is 5.75 Å². The number of piperidine rings is 1. The molecule has 1 atom stereocenters. The van der Waals surface area contributed by atoms with Gasteiger partial charge in [-0.2, -0.15) is 0 Å². The van der Waals surface area contributed by atoms with Gasteiger partial charge in [0, 0.05) is 13.1 Å². The lowest BCUT2D eigenvalue weighted by Crippen LogP contribution is -2.42. The smallest absolute Gasteiger partial charge is 0.306 e. The molecule has 0 radical (unpaired) electrons. The van der Waals surface area contributed by atoms with Gasteiger partial charge in [0.15, 0.2) is 0 Å². The summed E-state index contributed by atoms with van der Waals surface area (Å²) < 4.78 is 5.24. The second kappa shape index (κ2) is 7.13. The van der Waals surface area contributed by atoms with E-state index in [0.29, 0.717) is 25.9 Å². The van der Waals surface area contributed by atoms with Crippen LogP contribution in [0.1, 0.15) is 31.2 Å². The molecule has 1 aliphatic rings. The van der Waals surface area contributed by atoms with E-state index in [4.69, 9.17) is 9.84 Å². The highest BCUT2D eigenvalue weighted by Crippen LogP contribution is 2.27. The van der Waals surface area contributed by atoms with Gasteiger partial charge in [-0.1, -0.05) is 24.3 Å². The van der Waals surface area contributed by atoms with Gasteiger partial charge in [0.05, 0.1) is 18.9 Å². The van der Waals surface area contributed by atoms with E-state index in [-0.39, 0.29) is 17.7 Å². The summed E-state index contributed by atoms with van der Waals surface area (Å²) in [6.07, 6.45) is 1.07. The summed E-state index contributed by atoms with van der Waals surface area (Å²) in [4.78, 5) is 25.6. The number of carboxylic acid groups (broad SMARTS) is 1. The largest absolute Gasteiger partial charge is 0.497 e. The average Bonchev–Trinajstić information content (AvgIpc) is 2.66. The summed E-state index contributed by atoms with van der Waals surface area (Å²) in [6, 6.07) is 11.9. The molecule has 3 rings (SSSR count). The minimum atomic E-state index is -0.759. The number of carbonyl (C=O) groups is 2. The number of carbonyl (C=O) groups excluding carboxylic acids is 1. The Kier molecular flexibility index (Phi) is 4.93. The molecule has 0 aromatic heterocycles. The zero-order chi connectivity index (χ0) is 18.0. The second-order valence-electron chi connectivity index (χ2n) is 6.63. The number of amides is 1. The quantitative estimate of drug-likeness (QED) is 0.927. The number of hydrogen-bond acceptors (Lipinski definition) is 3. The Morgan fingerprint density at radius 3 is 2.40 bits per heavy atom. The van der Waals surface area contributed by atoms with Crippen molar-refractivity contribution in [3.05, 3.63) is 42.0 Å². The van der Waals surface area contributed by atoms with Crippen molar-refractivity contribution in [3.63, 3.8) is 0 Å². The first-order valence-corrected chi connectivity index (χ1v) is 8.59. The highest BCUT2D eigenvalue weighted by atomic mass is 16.5. The van der Waals surface area contributed by atoms with Gasteiger partial charge in [0.1, 0.15) is 5.75 Å². The molecule has 1 saturated heterocycles. The fourth-order valence-electron chi connectivity index (χ4n) is 3.40. The maximum absolute atomic E-state index is 12.8. The zero-order valence-electron chi connectivity index (χ0n) is 14.6. The van der Waals surface area contributed by atoms with Gasteiger partial charge in [0.25, 0.3) is 0 Å². The van der Waals surface area contributed by atoms with Crippen molar-refractivity contribution < 1.29 is 19.4 Å². The van der Waals surface area contributed by atoms with Crippen LogP contribution in [0, 0.1) is 5.92 Å². The molecule has 1 N–H and O–H groups in total. The van der Waals surface area contributed by atoms with Crippen molar-refractivity contribution in [2.45, 2.75) is 25.7 Å². The molecular formula is C20H23NO4. The molecule has 1 amide bonds. The van der Waals surface area contributed by atoms with E-state index >= 15 is 0 Å². The number of methoxy groups -OCH3 is 1. The molecule has 25 heavy (non-hydrogen) atoms. The van der Waals surface area contributed by atoms with Crippen molar-refractivity contribution in [2.24, 2.45) is 5.92 Å². The van der Waals surface area contributed by atoms with Gasteiger partial charge in [-0.3, -0.25) is 9.59 Å². The predicted octanol–water partition coefficient (Wildman–Crippen LogP) is 3.28. The third-order valence-electron chi connectivity index (χ3n) is 5.10. The monoisotopic (exact) mass is 341 g/mol. The van der Waals surface area contributed by atoms with Crippen molar-refractivity contribution in [2.75, 3.05) is 20.2 Å². The Morgan fingerprint density at radius 2 is 1.76 bits per heavy atom. The van der Waals surface area contributed by atoms with Crippen LogP contribution in [0.15, 0.2) is 36.4 Å². The molecule has 1 fully saturated rings. The third-order valence-corrected chi connectivity index (χ3v) is 5.10. The summed E-state index contributed by atoms with van der Waals surface area (Å²) in [5.74, 6) is -0.449. The number of hydrogen-bond donors (Lipinski definition) is 1. The highest BCUT2D eigenvalue weighted by molar-refractivity contribution is 5.88. The minimum Gasteiger partial charge on any atom is -0.497 e. The molecule has 132 valence electrons. The van der Waals surface area contributed by atoms with E-state index in [1.807, 2.05) is 43.3 Å². The van der Waals surface area contributed by atoms with Crippen LogP contribution in [0.25, 0.3) is 10.8 Å². The molecule has 0 aliphatic carbocycles. The van der Waals surface area contributed by atoms with Gasteiger partial charge < -0.3 is 14.7 Å². The Labute approximate surface area is 147 Å². The van der Waals surface area contributed by atoms with Crippen LogP contribution >= 0.6 is 0 Å². The molecule has 0 unspecified atom stereocenters. The van der Waals surface area contributed by atoms with E-state index in [1.54, 1.807) is 12.0 Å². The normalized spacial score (nSPS) is 16.6. The second-order valence-corrected chi connectivity index (χ2v) is 6.63. The molecule has 1 heterocycles. The number of carboxylic acids is 1. The van der Waals surface area contributed by atoms with Crippen LogP contribution in [-0.2, 0) is 9.59 Å². The zero-order valence-corrected chi connectivity index (χ0v) is 14.6. The fraction of sp³-hybridized carbons (Fsp3) is 0.400. The molecule has 5 nitrogen and oxygen atoms in total. The van der Waals surface area contributed by atoms with Crippen LogP contribution < -0.4 is 4.74 Å². The summed E-state index contributed by atoms with van der Waals surface area (Å²) in [7, 11) is 1.64. The predicted molar refractivity (Wildman–Crippen MR) is 95.9 cm³/mol. The third kappa shape index (κ3) is 3.60. The molecule has 0 bridgehead atoms. The van der Waals surface area contributed by atoms with E-state index in [1.165, 1.54) is 0 Å². The highest BCUT2D eigenvalue weighted by Gasteiger charge is 2.29. The first-order chi connectivity index (χ1) is 12.0.